The molecule has 0 aliphatic heterocycles. The van der Waals surface area contributed by atoms with Crippen molar-refractivity contribution in [1.82, 2.24) is 0 Å². The second kappa shape index (κ2) is 4.78. The molecule has 0 N–H and O–H groups in total. The van der Waals surface area contributed by atoms with Gasteiger partial charge in [-0.1, -0.05) is 18.2 Å². The molecule has 62 valence electrons. The number of hydrogen-bond acceptors (Lipinski definition) is 1. The molecule has 0 atom stereocenters. The molecule has 11 heavy (non-hydrogen) atoms. The number of methoxy groups -OCH3 is 1. The number of rotatable bonds is 3. The summed E-state index contributed by atoms with van der Waals surface area (Å²) in [6.45, 7) is 9.72. The van der Waals surface area contributed by atoms with E-state index in [9.17, 15) is 0 Å². The lowest BCUT2D eigenvalue weighted by atomic mass is 10.2. The van der Waals surface area contributed by atoms with E-state index in [0.717, 1.165) is 11.3 Å². The summed E-state index contributed by atoms with van der Waals surface area (Å²) in [4.78, 5) is 0. The zero-order valence-corrected chi connectivity index (χ0v) is 7.77. The largest absolute Gasteiger partial charge is 0.496 e. The highest BCUT2D eigenvalue weighted by Crippen LogP contribution is 2.09. The fraction of sp³-hybridized carbons (Fsp3) is 0.400. The first-order valence-corrected chi connectivity index (χ1v) is 3.64. The number of ether oxygens (including phenoxy) is 1. The van der Waals surface area contributed by atoms with Crippen LogP contribution in [-0.2, 0) is 4.74 Å². The van der Waals surface area contributed by atoms with Gasteiger partial charge in [-0.15, -0.1) is 0 Å². The van der Waals surface area contributed by atoms with Crippen LogP contribution in [0.25, 0.3) is 0 Å². The molecule has 0 aromatic carbocycles. The summed E-state index contributed by atoms with van der Waals surface area (Å²) in [5.41, 5.74) is 2.29. The van der Waals surface area contributed by atoms with Gasteiger partial charge in [0.25, 0.3) is 0 Å². The van der Waals surface area contributed by atoms with Crippen LogP contribution < -0.4 is 0 Å². The maximum absolute atomic E-state index is 5.15. The van der Waals surface area contributed by atoms with Gasteiger partial charge in [0.15, 0.2) is 0 Å². The highest BCUT2D eigenvalue weighted by molar-refractivity contribution is 5.27. The minimum Gasteiger partial charge on any atom is -0.496 e. The van der Waals surface area contributed by atoms with Crippen LogP contribution in [0.4, 0.5) is 0 Å². The van der Waals surface area contributed by atoms with E-state index in [0.29, 0.717) is 0 Å². The molecule has 0 amide bonds. The molecule has 0 fully saturated rings. The Hall–Kier alpha value is -0.980. The van der Waals surface area contributed by atoms with E-state index >= 15 is 0 Å². The van der Waals surface area contributed by atoms with Crippen LogP contribution in [0.15, 0.2) is 35.6 Å². The molecule has 1 nitrogen and oxygen atoms in total. The highest BCUT2D eigenvalue weighted by Gasteiger charge is 1.93. The SMILES string of the molecule is C=C/C(C)=C(\C=C(C)C)OC. The third-order valence-electron chi connectivity index (χ3n) is 1.33. The van der Waals surface area contributed by atoms with E-state index in [1.807, 2.05) is 26.8 Å². The van der Waals surface area contributed by atoms with E-state index in [1.165, 1.54) is 5.57 Å². The van der Waals surface area contributed by atoms with Crippen molar-refractivity contribution in [3.05, 3.63) is 35.6 Å². The summed E-state index contributed by atoms with van der Waals surface area (Å²) in [6.07, 6.45) is 3.79. The molecule has 1 heteroatoms. The molecule has 0 saturated heterocycles. The Morgan fingerprint density at radius 3 is 2.09 bits per heavy atom. The Bertz CT molecular complexity index is 193. The molecular formula is C10H16O. The van der Waals surface area contributed by atoms with Crippen molar-refractivity contribution in [2.24, 2.45) is 0 Å². The third-order valence-corrected chi connectivity index (χ3v) is 1.33. The Kier molecular flexibility index (Phi) is 4.35. The molecule has 0 rings (SSSR count). The van der Waals surface area contributed by atoms with Gasteiger partial charge in [-0.2, -0.15) is 0 Å². The predicted octanol–water partition coefficient (Wildman–Crippen LogP) is 3.06. The fourth-order valence-electron chi connectivity index (χ4n) is 0.697. The van der Waals surface area contributed by atoms with Gasteiger partial charge < -0.3 is 4.74 Å². The van der Waals surface area contributed by atoms with E-state index in [1.54, 1.807) is 13.2 Å². The van der Waals surface area contributed by atoms with Gasteiger partial charge in [0.05, 0.1) is 7.11 Å². The molecule has 0 saturated carbocycles. The molecule has 0 aliphatic rings. The molecule has 0 spiro atoms. The fourth-order valence-corrected chi connectivity index (χ4v) is 0.697. The average Bonchev–Trinajstić information content (AvgIpc) is 1.98. The number of allylic oxidation sites excluding steroid dienone is 4. The average molecular weight is 152 g/mol. The molecule has 0 aliphatic carbocycles. The van der Waals surface area contributed by atoms with Gasteiger partial charge in [-0.25, -0.2) is 0 Å². The normalized spacial score (nSPS) is 11.6. The first-order chi connectivity index (χ1) is 5.11. The Balaban J connectivity index is 4.66. The lowest BCUT2D eigenvalue weighted by Crippen LogP contribution is -1.86. The van der Waals surface area contributed by atoms with Crippen molar-refractivity contribution in [3.63, 3.8) is 0 Å². The Morgan fingerprint density at radius 2 is 1.82 bits per heavy atom. The monoisotopic (exact) mass is 152 g/mol. The smallest absolute Gasteiger partial charge is 0.121 e. The summed E-state index contributed by atoms with van der Waals surface area (Å²) in [5, 5.41) is 0. The van der Waals surface area contributed by atoms with Crippen LogP contribution in [-0.4, -0.2) is 7.11 Å². The lowest BCUT2D eigenvalue weighted by molar-refractivity contribution is 0.303. The lowest BCUT2D eigenvalue weighted by Gasteiger charge is -2.03. The summed E-state index contributed by atoms with van der Waals surface area (Å²) >= 11 is 0. The maximum atomic E-state index is 5.15. The standard InChI is InChI=1S/C10H16O/c1-6-9(4)10(11-5)7-8(2)3/h6-7H,1H2,2-5H3/b10-9+. The van der Waals surface area contributed by atoms with Crippen LogP contribution in [0.1, 0.15) is 20.8 Å². The maximum Gasteiger partial charge on any atom is 0.121 e. The molecular weight excluding hydrogens is 136 g/mol. The van der Waals surface area contributed by atoms with Crippen LogP contribution >= 0.6 is 0 Å². The van der Waals surface area contributed by atoms with Gasteiger partial charge in [-0.3, -0.25) is 0 Å². The van der Waals surface area contributed by atoms with Crippen LogP contribution in [0.2, 0.25) is 0 Å². The van der Waals surface area contributed by atoms with Crippen LogP contribution in [0.3, 0.4) is 0 Å². The Morgan fingerprint density at radius 1 is 1.27 bits per heavy atom. The van der Waals surface area contributed by atoms with Crippen molar-refractivity contribution < 1.29 is 4.74 Å². The predicted molar refractivity (Wildman–Crippen MR) is 49.3 cm³/mol. The van der Waals surface area contributed by atoms with Crippen LogP contribution in [0, 0.1) is 0 Å². The first-order valence-electron chi connectivity index (χ1n) is 3.64. The van der Waals surface area contributed by atoms with Crippen molar-refractivity contribution in [2.75, 3.05) is 7.11 Å². The van der Waals surface area contributed by atoms with Crippen LogP contribution in [0.5, 0.6) is 0 Å². The molecule has 0 aromatic rings. The summed E-state index contributed by atoms with van der Waals surface area (Å²) in [7, 11) is 1.67. The second-order valence-corrected chi connectivity index (χ2v) is 2.68. The molecule has 0 unspecified atom stereocenters. The second-order valence-electron chi connectivity index (χ2n) is 2.68. The van der Waals surface area contributed by atoms with Gasteiger partial charge >= 0.3 is 0 Å². The van der Waals surface area contributed by atoms with Gasteiger partial charge in [0.1, 0.15) is 5.76 Å². The van der Waals surface area contributed by atoms with Gasteiger partial charge in [0, 0.05) is 0 Å². The van der Waals surface area contributed by atoms with E-state index in [4.69, 9.17) is 4.74 Å². The summed E-state index contributed by atoms with van der Waals surface area (Å²) < 4.78 is 5.15. The van der Waals surface area contributed by atoms with Gasteiger partial charge in [-0.05, 0) is 32.4 Å². The zero-order valence-electron chi connectivity index (χ0n) is 7.77. The van der Waals surface area contributed by atoms with Crippen molar-refractivity contribution in [1.29, 1.82) is 0 Å². The Labute approximate surface area is 69.1 Å². The molecule has 0 radical (unpaired) electrons. The minimum atomic E-state index is 0.889. The minimum absolute atomic E-state index is 0.889. The van der Waals surface area contributed by atoms with Crippen molar-refractivity contribution >= 4 is 0 Å². The quantitative estimate of drug-likeness (QED) is 0.446. The summed E-state index contributed by atoms with van der Waals surface area (Å²) in [6, 6.07) is 0. The third kappa shape index (κ3) is 3.66. The number of hydrogen-bond donors (Lipinski definition) is 0. The molecule has 0 aromatic heterocycles. The topological polar surface area (TPSA) is 9.23 Å². The zero-order chi connectivity index (χ0) is 8.85. The van der Waals surface area contributed by atoms with E-state index in [2.05, 4.69) is 6.58 Å². The highest BCUT2D eigenvalue weighted by atomic mass is 16.5. The summed E-state index contributed by atoms with van der Waals surface area (Å²) in [5.74, 6) is 0.889. The van der Waals surface area contributed by atoms with E-state index in [-0.39, 0.29) is 0 Å². The molecule has 0 heterocycles. The molecule has 0 bridgehead atoms. The van der Waals surface area contributed by atoms with Gasteiger partial charge in [0.2, 0.25) is 0 Å². The van der Waals surface area contributed by atoms with Crippen molar-refractivity contribution in [2.45, 2.75) is 20.8 Å². The van der Waals surface area contributed by atoms with Crippen molar-refractivity contribution in [3.8, 4) is 0 Å². The first kappa shape index (κ1) is 10.0. The van der Waals surface area contributed by atoms with E-state index < -0.39 is 0 Å².